The minimum Gasteiger partial charge on any atom is -0.493 e. The Labute approximate surface area is 218 Å². The van der Waals surface area contributed by atoms with Crippen molar-refractivity contribution in [3.05, 3.63) is 80.5 Å². The lowest BCUT2D eigenvalue weighted by atomic mass is 10.0. The molecular weight excluding hydrogens is 505 g/mol. The maximum atomic E-state index is 13.2. The molecule has 7 nitrogen and oxygen atoms in total. The largest absolute Gasteiger partial charge is 0.493 e. The molecule has 2 aliphatic heterocycles. The number of fused-ring (bicyclic) bond motifs is 3. The highest BCUT2D eigenvalue weighted by Gasteiger charge is 2.34. The molecule has 0 atom stereocenters. The van der Waals surface area contributed by atoms with E-state index in [4.69, 9.17) is 46.9 Å². The van der Waals surface area contributed by atoms with Gasteiger partial charge < -0.3 is 23.7 Å². The SMILES string of the molecule is COc1ccc(/C=C2\Oc3c(ccc4c3CN(Cc3ccc(Cl)c(Cl)c3)CO4)C2=O)c(OC)c1OC. The van der Waals surface area contributed by atoms with Crippen molar-refractivity contribution >= 4 is 35.1 Å². The third kappa shape index (κ3) is 4.34. The van der Waals surface area contributed by atoms with Crippen LogP contribution < -0.4 is 23.7 Å². The lowest BCUT2D eigenvalue weighted by Gasteiger charge is -2.29. The molecule has 0 amide bonds. The van der Waals surface area contributed by atoms with Gasteiger partial charge in [-0.3, -0.25) is 9.69 Å². The van der Waals surface area contributed by atoms with Crippen LogP contribution in [0.1, 0.15) is 27.0 Å². The average molecular weight is 528 g/mol. The Hall–Kier alpha value is -3.39. The van der Waals surface area contributed by atoms with E-state index in [2.05, 4.69) is 4.90 Å². The molecule has 0 fully saturated rings. The Kier molecular flexibility index (Phi) is 6.71. The van der Waals surface area contributed by atoms with Crippen LogP contribution in [0.15, 0.2) is 48.2 Å². The van der Waals surface area contributed by atoms with E-state index >= 15 is 0 Å². The van der Waals surface area contributed by atoms with E-state index in [1.54, 1.807) is 37.5 Å². The van der Waals surface area contributed by atoms with Gasteiger partial charge in [-0.2, -0.15) is 0 Å². The average Bonchev–Trinajstić information content (AvgIpc) is 3.21. The van der Waals surface area contributed by atoms with Gasteiger partial charge in [0.15, 0.2) is 17.3 Å². The number of nitrogens with zero attached hydrogens (tertiary/aromatic N) is 1. The van der Waals surface area contributed by atoms with Gasteiger partial charge in [-0.05, 0) is 48.0 Å². The summed E-state index contributed by atoms with van der Waals surface area (Å²) in [6, 6.07) is 12.6. The standard InChI is InChI=1S/C27H23Cl2NO6/c1-32-22-8-5-16(25(33-2)27(22)34-3)11-23-24(31)17-6-9-21-18(26(17)36-23)13-30(14-35-21)12-15-4-7-19(28)20(29)10-15/h4-11H,12-14H2,1-3H3/b23-11-. The molecule has 9 heteroatoms. The maximum absolute atomic E-state index is 13.2. The lowest BCUT2D eigenvalue weighted by molar-refractivity contribution is 0.0873. The van der Waals surface area contributed by atoms with Crippen LogP contribution in [-0.4, -0.2) is 38.7 Å². The van der Waals surface area contributed by atoms with Gasteiger partial charge in [0.05, 0.1) is 42.5 Å². The zero-order valence-electron chi connectivity index (χ0n) is 19.9. The highest BCUT2D eigenvalue weighted by atomic mass is 35.5. The molecule has 0 spiro atoms. The van der Waals surface area contributed by atoms with Crippen molar-refractivity contribution < 1.29 is 28.5 Å². The number of hydrogen-bond donors (Lipinski definition) is 0. The Morgan fingerprint density at radius 3 is 2.50 bits per heavy atom. The van der Waals surface area contributed by atoms with E-state index in [1.807, 2.05) is 18.2 Å². The highest BCUT2D eigenvalue weighted by molar-refractivity contribution is 6.42. The van der Waals surface area contributed by atoms with Gasteiger partial charge in [0.2, 0.25) is 11.5 Å². The third-order valence-electron chi connectivity index (χ3n) is 6.09. The third-order valence-corrected chi connectivity index (χ3v) is 6.83. The summed E-state index contributed by atoms with van der Waals surface area (Å²) in [7, 11) is 4.60. The van der Waals surface area contributed by atoms with E-state index < -0.39 is 0 Å². The molecule has 0 aliphatic carbocycles. The topological polar surface area (TPSA) is 66.5 Å². The van der Waals surface area contributed by atoms with E-state index in [0.29, 0.717) is 69.7 Å². The highest BCUT2D eigenvalue weighted by Crippen LogP contribution is 2.44. The first-order valence-electron chi connectivity index (χ1n) is 11.1. The number of benzene rings is 3. The van der Waals surface area contributed by atoms with Gasteiger partial charge >= 0.3 is 0 Å². The van der Waals surface area contributed by atoms with Gasteiger partial charge in [-0.1, -0.05) is 29.3 Å². The van der Waals surface area contributed by atoms with E-state index in [1.165, 1.54) is 14.2 Å². The molecule has 0 radical (unpaired) electrons. The number of methoxy groups -OCH3 is 3. The Morgan fingerprint density at radius 1 is 0.972 bits per heavy atom. The lowest BCUT2D eigenvalue weighted by Crippen LogP contribution is -2.31. The number of allylic oxidation sites excluding steroid dienone is 1. The van der Waals surface area contributed by atoms with Crippen LogP contribution in [0.4, 0.5) is 0 Å². The smallest absolute Gasteiger partial charge is 0.231 e. The van der Waals surface area contributed by atoms with E-state index in [0.717, 1.165) is 11.1 Å². The summed E-state index contributed by atoms with van der Waals surface area (Å²) in [6.45, 7) is 1.53. The van der Waals surface area contributed by atoms with Crippen molar-refractivity contribution in [1.29, 1.82) is 0 Å². The van der Waals surface area contributed by atoms with Crippen molar-refractivity contribution in [2.75, 3.05) is 28.1 Å². The normalized spacial score (nSPS) is 15.7. The van der Waals surface area contributed by atoms with Crippen LogP contribution in [0.3, 0.4) is 0 Å². The number of Topliss-reactive ketones (excluding diaryl/α,β-unsaturated/α-hetero) is 1. The number of ether oxygens (including phenoxy) is 5. The summed E-state index contributed by atoms with van der Waals surface area (Å²) < 4.78 is 28.5. The molecular formula is C27H23Cl2NO6. The molecule has 186 valence electrons. The van der Waals surface area contributed by atoms with Gasteiger partial charge in [-0.15, -0.1) is 0 Å². The fraction of sp³-hybridized carbons (Fsp3) is 0.222. The predicted molar refractivity (Wildman–Crippen MR) is 137 cm³/mol. The molecule has 2 aliphatic rings. The number of halogens is 2. The second-order valence-corrected chi connectivity index (χ2v) is 9.11. The maximum Gasteiger partial charge on any atom is 0.231 e. The summed E-state index contributed by atoms with van der Waals surface area (Å²) >= 11 is 12.2. The van der Waals surface area contributed by atoms with Crippen LogP contribution >= 0.6 is 23.2 Å². The van der Waals surface area contributed by atoms with Crippen molar-refractivity contribution in [3.63, 3.8) is 0 Å². The van der Waals surface area contributed by atoms with Crippen LogP contribution in [0, 0.1) is 0 Å². The summed E-state index contributed by atoms with van der Waals surface area (Å²) in [5, 5.41) is 1.01. The molecule has 5 rings (SSSR count). The molecule has 0 N–H and O–H groups in total. The minimum absolute atomic E-state index is 0.186. The van der Waals surface area contributed by atoms with Crippen molar-refractivity contribution in [1.82, 2.24) is 4.90 Å². The zero-order valence-corrected chi connectivity index (χ0v) is 21.4. The summed E-state index contributed by atoms with van der Waals surface area (Å²) in [4.78, 5) is 15.3. The van der Waals surface area contributed by atoms with E-state index in [9.17, 15) is 4.79 Å². The van der Waals surface area contributed by atoms with Gasteiger partial charge in [0.1, 0.15) is 18.2 Å². The summed E-state index contributed by atoms with van der Waals surface area (Å²) in [6.07, 6.45) is 1.65. The Bertz CT molecular complexity index is 1390. The second-order valence-electron chi connectivity index (χ2n) is 8.29. The molecule has 0 unspecified atom stereocenters. The number of ketones is 1. The fourth-order valence-electron chi connectivity index (χ4n) is 4.38. The fourth-order valence-corrected chi connectivity index (χ4v) is 4.70. The van der Waals surface area contributed by atoms with Gasteiger partial charge in [0, 0.05) is 18.7 Å². The molecule has 0 bridgehead atoms. The molecule has 3 aromatic rings. The van der Waals surface area contributed by atoms with Crippen LogP contribution in [0.5, 0.6) is 28.7 Å². The van der Waals surface area contributed by atoms with Crippen molar-refractivity contribution in [3.8, 4) is 28.7 Å². The Morgan fingerprint density at radius 2 is 1.78 bits per heavy atom. The van der Waals surface area contributed by atoms with Crippen molar-refractivity contribution in [2.45, 2.75) is 13.1 Å². The molecule has 0 aromatic heterocycles. The number of carbonyl (C=O) groups is 1. The quantitative estimate of drug-likeness (QED) is 0.365. The molecule has 0 saturated heterocycles. The Balaban J connectivity index is 1.44. The molecule has 0 saturated carbocycles. The summed E-state index contributed by atoms with van der Waals surface area (Å²) in [5.74, 6) is 2.55. The second kappa shape index (κ2) is 9.93. The van der Waals surface area contributed by atoms with Crippen LogP contribution in [0.2, 0.25) is 10.0 Å². The first-order chi connectivity index (χ1) is 17.4. The monoisotopic (exact) mass is 527 g/mol. The number of carbonyl (C=O) groups excluding carboxylic acids is 1. The molecule has 36 heavy (non-hydrogen) atoms. The molecule has 2 heterocycles. The first-order valence-corrected chi connectivity index (χ1v) is 11.9. The van der Waals surface area contributed by atoms with Crippen LogP contribution in [-0.2, 0) is 13.1 Å². The predicted octanol–water partition coefficient (Wildman–Crippen LogP) is 5.99. The van der Waals surface area contributed by atoms with Crippen molar-refractivity contribution in [2.24, 2.45) is 0 Å². The van der Waals surface area contributed by atoms with E-state index in [-0.39, 0.29) is 11.5 Å². The number of rotatable bonds is 6. The minimum atomic E-state index is -0.216. The molecule has 3 aromatic carbocycles. The van der Waals surface area contributed by atoms with Gasteiger partial charge in [-0.25, -0.2) is 0 Å². The zero-order chi connectivity index (χ0) is 25.4. The number of hydrogen-bond acceptors (Lipinski definition) is 7. The summed E-state index contributed by atoms with van der Waals surface area (Å²) in [5.41, 5.74) is 2.93. The first kappa shape index (κ1) is 24.3. The van der Waals surface area contributed by atoms with Crippen LogP contribution in [0.25, 0.3) is 6.08 Å². The van der Waals surface area contributed by atoms with Gasteiger partial charge in [0.25, 0.3) is 0 Å².